The highest BCUT2D eigenvalue weighted by Crippen LogP contribution is 2.14. The minimum absolute atomic E-state index is 0.214. The van der Waals surface area contributed by atoms with Crippen LogP contribution in [0.1, 0.15) is 35.9 Å². The van der Waals surface area contributed by atoms with Gasteiger partial charge in [-0.3, -0.25) is 4.79 Å². The Balaban J connectivity index is 2.26. The molecule has 20 heavy (non-hydrogen) atoms. The first-order valence-electron chi connectivity index (χ1n) is 6.77. The summed E-state index contributed by atoms with van der Waals surface area (Å²) >= 11 is 0. The van der Waals surface area contributed by atoms with Gasteiger partial charge in [-0.25, -0.2) is 9.67 Å². The summed E-state index contributed by atoms with van der Waals surface area (Å²) in [6.07, 6.45) is 0. The van der Waals surface area contributed by atoms with Crippen LogP contribution >= 0.6 is 0 Å². The van der Waals surface area contributed by atoms with Gasteiger partial charge in [-0.1, -0.05) is 32.0 Å². The van der Waals surface area contributed by atoms with Gasteiger partial charge in [-0.2, -0.15) is 0 Å². The molecule has 0 fully saturated rings. The largest absolute Gasteiger partial charge is 0.349 e. The maximum atomic E-state index is 12.0. The van der Waals surface area contributed by atoms with Crippen LogP contribution in [-0.4, -0.2) is 27.2 Å². The molecule has 0 aliphatic rings. The van der Waals surface area contributed by atoms with Crippen LogP contribution in [0.3, 0.4) is 0 Å². The number of carbonyl (C=O) groups is 1. The third kappa shape index (κ3) is 3.04. The topological polar surface area (TPSA) is 59.8 Å². The Kier molecular flexibility index (Phi) is 4.17. The van der Waals surface area contributed by atoms with Crippen molar-refractivity contribution >= 4 is 5.91 Å². The van der Waals surface area contributed by atoms with Crippen LogP contribution in [0.4, 0.5) is 0 Å². The lowest BCUT2D eigenvalue weighted by Crippen LogP contribution is -2.28. The molecule has 1 heterocycles. The Morgan fingerprint density at radius 1 is 1.30 bits per heavy atom. The van der Waals surface area contributed by atoms with E-state index in [1.165, 1.54) is 0 Å². The number of nitrogens with one attached hydrogen (secondary N) is 1. The zero-order chi connectivity index (χ0) is 14.7. The highest BCUT2D eigenvalue weighted by atomic mass is 16.2. The molecule has 0 saturated heterocycles. The molecule has 0 atom stereocenters. The van der Waals surface area contributed by atoms with Gasteiger partial charge in [0.2, 0.25) is 5.82 Å². The number of amides is 1. The Morgan fingerprint density at radius 3 is 2.65 bits per heavy atom. The van der Waals surface area contributed by atoms with Gasteiger partial charge in [0, 0.05) is 6.54 Å². The van der Waals surface area contributed by atoms with Gasteiger partial charge in [0.25, 0.3) is 5.91 Å². The average Bonchev–Trinajstić information content (AvgIpc) is 2.78. The van der Waals surface area contributed by atoms with Crippen LogP contribution in [0.15, 0.2) is 24.3 Å². The Hall–Kier alpha value is -2.17. The van der Waals surface area contributed by atoms with Gasteiger partial charge in [0.15, 0.2) is 0 Å². The van der Waals surface area contributed by atoms with Gasteiger partial charge in [0.1, 0.15) is 5.82 Å². The van der Waals surface area contributed by atoms with E-state index in [0.29, 0.717) is 18.3 Å². The number of rotatable bonds is 4. The molecule has 0 saturated carbocycles. The average molecular weight is 272 g/mol. The maximum Gasteiger partial charge on any atom is 0.290 e. The van der Waals surface area contributed by atoms with Crippen molar-refractivity contribution in [2.75, 3.05) is 6.54 Å². The third-order valence-corrected chi connectivity index (χ3v) is 2.99. The lowest BCUT2D eigenvalue weighted by Gasteiger charge is -2.06. The van der Waals surface area contributed by atoms with E-state index in [9.17, 15) is 4.79 Å². The molecule has 5 nitrogen and oxygen atoms in total. The van der Waals surface area contributed by atoms with Crippen LogP contribution < -0.4 is 5.32 Å². The van der Waals surface area contributed by atoms with Crippen molar-refractivity contribution in [2.24, 2.45) is 5.92 Å². The molecule has 1 amide bonds. The summed E-state index contributed by atoms with van der Waals surface area (Å²) in [4.78, 5) is 16.2. The second-order valence-electron chi connectivity index (χ2n) is 5.28. The minimum Gasteiger partial charge on any atom is -0.349 e. The van der Waals surface area contributed by atoms with E-state index in [4.69, 9.17) is 0 Å². The molecule has 0 unspecified atom stereocenters. The molecule has 1 aromatic carbocycles. The standard InChI is InChI=1S/C15H20N4O/c1-10(2)9-16-15(20)14-17-12(4)19(18-14)13-8-6-5-7-11(13)3/h5-8,10H,9H2,1-4H3,(H,16,20). The Morgan fingerprint density at radius 2 is 2.00 bits per heavy atom. The first-order chi connectivity index (χ1) is 9.49. The molecule has 2 aromatic rings. The molecule has 0 radical (unpaired) electrons. The molecular weight excluding hydrogens is 252 g/mol. The van der Waals surface area contributed by atoms with E-state index < -0.39 is 0 Å². The number of hydrogen-bond acceptors (Lipinski definition) is 3. The first-order valence-corrected chi connectivity index (χ1v) is 6.77. The van der Waals surface area contributed by atoms with E-state index in [1.807, 2.05) is 52.0 Å². The molecule has 106 valence electrons. The number of hydrogen-bond donors (Lipinski definition) is 1. The molecule has 1 aromatic heterocycles. The van der Waals surface area contributed by atoms with E-state index in [2.05, 4.69) is 15.4 Å². The zero-order valence-electron chi connectivity index (χ0n) is 12.3. The quantitative estimate of drug-likeness (QED) is 0.928. The second-order valence-corrected chi connectivity index (χ2v) is 5.28. The molecule has 5 heteroatoms. The predicted molar refractivity (Wildman–Crippen MR) is 78.0 cm³/mol. The number of nitrogens with zero attached hydrogens (tertiary/aromatic N) is 3. The Labute approximate surface area is 119 Å². The summed E-state index contributed by atoms with van der Waals surface area (Å²) in [6, 6.07) is 7.89. The van der Waals surface area contributed by atoms with Gasteiger partial charge in [0.05, 0.1) is 5.69 Å². The number of aromatic nitrogens is 3. The van der Waals surface area contributed by atoms with Crippen molar-refractivity contribution in [1.82, 2.24) is 20.1 Å². The summed E-state index contributed by atoms with van der Waals surface area (Å²) in [7, 11) is 0. The van der Waals surface area contributed by atoms with Crippen LogP contribution in [0.25, 0.3) is 5.69 Å². The molecule has 0 aliphatic heterocycles. The molecule has 2 rings (SSSR count). The fraction of sp³-hybridized carbons (Fsp3) is 0.400. The van der Waals surface area contributed by atoms with Crippen molar-refractivity contribution in [2.45, 2.75) is 27.7 Å². The normalized spacial score (nSPS) is 10.8. The van der Waals surface area contributed by atoms with Gasteiger partial charge in [-0.05, 0) is 31.4 Å². The summed E-state index contributed by atoms with van der Waals surface area (Å²) in [6.45, 7) is 8.57. The van der Waals surface area contributed by atoms with Crippen LogP contribution in [-0.2, 0) is 0 Å². The number of benzene rings is 1. The highest BCUT2D eigenvalue weighted by Gasteiger charge is 2.15. The first kappa shape index (κ1) is 14.2. The van der Waals surface area contributed by atoms with Gasteiger partial charge < -0.3 is 5.32 Å². The number of aryl methyl sites for hydroxylation is 2. The van der Waals surface area contributed by atoms with Gasteiger partial charge >= 0.3 is 0 Å². The zero-order valence-corrected chi connectivity index (χ0v) is 12.3. The summed E-state index contributed by atoms with van der Waals surface area (Å²) < 4.78 is 1.71. The van der Waals surface area contributed by atoms with E-state index in [0.717, 1.165) is 11.3 Å². The van der Waals surface area contributed by atoms with E-state index >= 15 is 0 Å². The van der Waals surface area contributed by atoms with Gasteiger partial charge in [-0.15, -0.1) is 5.10 Å². The monoisotopic (exact) mass is 272 g/mol. The summed E-state index contributed by atoms with van der Waals surface area (Å²) in [5.74, 6) is 1.09. The lowest BCUT2D eigenvalue weighted by molar-refractivity contribution is 0.0938. The fourth-order valence-corrected chi connectivity index (χ4v) is 1.89. The third-order valence-electron chi connectivity index (χ3n) is 2.99. The second kappa shape index (κ2) is 5.86. The minimum atomic E-state index is -0.228. The fourth-order valence-electron chi connectivity index (χ4n) is 1.89. The van der Waals surface area contributed by atoms with Crippen LogP contribution in [0.2, 0.25) is 0 Å². The van der Waals surface area contributed by atoms with Crippen molar-refractivity contribution in [1.29, 1.82) is 0 Å². The molecule has 1 N–H and O–H groups in total. The van der Waals surface area contributed by atoms with E-state index in [1.54, 1.807) is 4.68 Å². The number of carbonyl (C=O) groups excluding carboxylic acids is 1. The molecule has 0 bridgehead atoms. The molecule has 0 aliphatic carbocycles. The lowest BCUT2D eigenvalue weighted by atomic mass is 10.2. The SMILES string of the molecule is Cc1ccccc1-n1nc(C(=O)NCC(C)C)nc1C. The van der Waals surface area contributed by atoms with Crippen LogP contribution in [0.5, 0.6) is 0 Å². The highest BCUT2D eigenvalue weighted by molar-refractivity contribution is 5.90. The number of para-hydroxylation sites is 1. The van der Waals surface area contributed by atoms with Crippen molar-refractivity contribution in [3.8, 4) is 5.69 Å². The van der Waals surface area contributed by atoms with E-state index in [-0.39, 0.29) is 11.7 Å². The van der Waals surface area contributed by atoms with Crippen molar-refractivity contribution < 1.29 is 4.79 Å². The summed E-state index contributed by atoms with van der Waals surface area (Å²) in [5.41, 5.74) is 2.04. The maximum absolute atomic E-state index is 12.0. The smallest absolute Gasteiger partial charge is 0.290 e. The summed E-state index contributed by atoms with van der Waals surface area (Å²) in [5, 5.41) is 7.14. The van der Waals surface area contributed by atoms with Crippen molar-refractivity contribution in [3.05, 3.63) is 41.5 Å². The van der Waals surface area contributed by atoms with Crippen molar-refractivity contribution in [3.63, 3.8) is 0 Å². The Bertz CT molecular complexity index is 616. The van der Waals surface area contributed by atoms with Crippen LogP contribution in [0, 0.1) is 19.8 Å². The molecular formula is C15H20N4O. The predicted octanol–water partition coefficient (Wildman–Crippen LogP) is 2.27. The molecule has 0 spiro atoms.